The number of hydrogen-bond acceptors (Lipinski definition) is 2. The Labute approximate surface area is 144 Å². The van der Waals surface area contributed by atoms with Crippen molar-refractivity contribution in [3.8, 4) is 5.69 Å². The average Bonchev–Trinajstić information content (AvgIpc) is 2.96. The van der Waals surface area contributed by atoms with Gasteiger partial charge in [0.1, 0.15) is 11.5 Å². The van der Waals surface area contributed by atoms with Gasteiger partial charge >= 0.3 is 0 Å². The highest BCUT2D eigenvalue weighted by Crippen LogP contribution is 2.14. The van der Waals surface area contributed by atoms with E-state index in [2.05, 4.69) is 10.3 Å². The third kappa shape index (κ3) is 3.44. The highest BCUT2D eigenvalue weighted by molar-refractivity contribution is 7.71. The van der Waals surface area contributed by atoms with E-state index in [1.807, 2.05) is 31.2 Å². The van der Waals surface area contributed by atoms with Gasteiger partial charge in [0.15, 0.2) is 4.77 Å². The minimum atomic E-state index is -0.342. The standard InChI is InChI=1S/C18H16FN3OS/c1-12-2-4-13(5-3-12)10-20-17(23)16-11-21-18(24)22(16)15-8-6-14(19)7-9-15/h2-9,11H,10H2,1H3,(H,20,23)(H,21,24). The molecule has 0 aliphatic carbocycles. The average molecular weight is 341 g/mol. The lowest BCUT2D eigenvalue weighted by atomic mass is 10.1. The van der Waals surface area contributed by atoms with Crippen molar-refractivity contribution in [3.05, 3.63) is 82.1 Å². The number of nitrogens with one attached hydrogen (secondary N) is 2. The molecule has 1 aromatic heterocycles. The maximum Gasteiger partial charge on any atom is 0.270 e. The maximum absolute atomic E-state index is 13.1. The summed E-state index contributed by atoms with van der Waals surface area (Å²) < 4.78 is 15.1. The molecule has 6 heteroatoms. The van der Waals surface area contributed by atoms with Crippen molar-refractivity contribution in [2.75, 3.05) is 0 Å². The summed E-state index contributed by atoms with van der Waals surface area (Å²) in [6.45, 7) is 2.43. The number of imidazole rings is 1. The van der Waals surface area contributed by atoms with Crippen LogP contribution in [-0.4, -0.2) is 15.5 Å². The quantitative estimate of drug-likeness (QED) is 0.707. The van der Waals surface area contributed by atoms with E-state index in [4.69, 9.17) is 12.2 Å². The van der Waals surface area contributed by atoms with E-state index in [9.17, 15) is 9.18 Å². The molecule has 3 rings (SSSR count). The molecule has 1 heterocycles. The molecule has 24 heavy (non-hydrogen) atoms. The Morgan fingerprint density at radius 2 is 1.83 bits per heavy atom. The van der Waals surface area contributed by atoms with Crippen molar-refractivity contribution in [1.82, 2.24) is 14.9 Å². The van der Waals surface area contributed by atoms with Gasteiger partial charge in [0.05, 0.1) is 0 Å². The van der Waals surface area contributed by atoms with Crippen molar-refractivity contribution < 1.29 is 9.18 Å². The van der Waals surface area contributed by atoms with Gasteiger partial charge < -0.3 is 10.3 Å². The summed E-state index contributed by atoms with van der Waals surface area (Å²) in [7, 11) is 0. The summed E-state index contributed by atoms with van der Waals surface area (Å²) in [6.07, 6.45) is 1.55. The van der Waals surface area contributed by atoms with E-state index in [0.29, 0.717) is 22.7 Å². The molecule has 0 atom stereocenters. The second-order valence-corrected chi connectivity index (χ2v) is 5.85. The van der Waals surface area contributed by atoms with Gasteiger partial charge in [0.2, 0.25) is 0 Å². The molecular weight excluding hydrogens is 325 g/mol. The lowest BCUT2D eigenvalue weighted by Gasteiger charge is -2.09. The zero-order chi connectivity index (χ0) is 17.1. The number of aryl methyl sites for hydroxylation is 1. The molecule has 4 nitrogen and oxygen atoms in total. The van der Waals surface area contributed by atoms with Crippen LogP contribution in [0.3, 0.4) is 0 Å². The first-order chi connectivity index (χ1) is 11.5. The lowest BCUT2D eigenvalue weighted by Crippen LogP contribution is -2.25. The molecule has 0 radical (unpaired) electrons. The second kappa shape index (κ2) is 6.80. The third-order valence-corrected chi connectivity index (χ3v) is 3.97. The van der Waals surface area contributed by atoms with E-state index in [-0.39, 0.29) is 11.7 Å². The number of hydrogen-bond donors (Lipinski definition) is 2. The van der Waals surface area contributed by atoms with Crippen LogP contribution in [0.1, 0.15) is 21.6 Å². The predicted molar refractivity (Wildman–Crippen MR) is 93.3 cm³/mol. The summed E-state index contributed by atoms with van der Waals surface area (Å²) in [5.41, 5.74) is 3.18. The van der Waals surface area contributed by atoms with Gasteiger partial charge in [-0.1, -0.05) is 29.8 Å². The molecule has 0 saturated carbocycles. The van der Waals surface area contributed by atoms with Crippen molar-refractivity contribution in [2.24, 2.45) is 0 Å². The van der Waals surface area contributed by atoms with Gasteiger partial charge in [-0.2, -0.15) is 0 Å². The van der Waals surface area contributed by atoms with Gasteiger partial charge in [0.25, 0.3) is 5.91 Å². The zero-order valence-electron chi connectivity index (χ0n) is 13.0. The van der Waals surface area contributed by atoms with Crippen LogP contribution in [0.25, 0.3) is 5.69 Å². The first-order valence-electron chi connectivity index (χ1n) is 7.45. The van der Waals surface area contributed by atoms with Crippen molar-refractivity contribution in [2.45, 2.75) is 13.5 Å². The normalized spacial score (nSPS) is 10.6. The number of aromatic amines is 1. The van der Waals surface area contributed by atoms with Gasteiger partial charge in [-0.3, -0.25) is 9.36 Å². The van der Waals surface area contributed by atoms with Crippen molar-refractivity contribution >= 4 is 18.1 Å². The van der Waals surface area contributed by atoms with Crippen LogP contribution < -0.4 is 5.32 Å². The number of carbonyl (C=O) groups excluding carboxylic acids is 1. The third-order valence-electron chi connectivity index (χ3n) is 3.67. The summed E-state index contributed by atoms with van der Waals surface area (Å²) in [4.78, 5) is 15.3. The lowest BCUT2D eigenvalue weighted by molar-refractivity contribution is 0.0944. The molecule has 0 unspecified atom stereocenters. The molecule has 0 fully saturated rings. The minimum Gasteiger partial charge on any atom is -0.347 e. The summed E-state index contributed by atoms with van der Waals surface area (Å²) in [5.74, 6) is -0.599. The molecule has 2 aromatic carbocycles. The van der Waals surface area contributed by atoms with E-state index in [1.54, 1.807) is 22.9 Å². The summed E-state index contributed by atoms with van der Waals surface area (Å²) in [5, 5.41) is 2.87. The molecule has 0 bridgehead atoms. The van der Waals surface area contributed by atoms with Crippen LogP contribution in [0.4, 0.5) is 4.39 Å². The topological polar surface area (TPSA) is 49.8 Å². The Hall–Kier alpha value is -2.73. The van der Waals surface area contributed by atoms with Crippen molar-refractivity contribution in [3.63, 3.8) is 0 Å². The summed E-state index contributed by atoms with van der Waals surface area (Å²) >= 11 is 5.23. The van der Waals surface area contributed by atoms with Crippen LogP contribution in [0.15, 0.2) is 54.7 Å². The van der Waals surface area contributed by atoms with Crippen LogP contribution in [0.5, 0.6) is 0 Å². The molecule has 3 aromatic rings. The molecule has 0 spiro atoms. The minimum absolute atomic E-state index is 0.257. The molecule has 0 saturated heterocycles. The van der Waals surface area contributed by atoms with Gasteiger partial charge in [-0.05, 0) is 49.0 Å². The zero-order valence-corrected chi connectivity index (χ0v) is 13.9. The number of rotatable bonds is 4. The Bertz CT molecular complexity index is 911. The monoisotopic (exact) mass is 341 g/mol. The Morgan fingerprint density at radius 1 is 1.17 bits per heavy atom. The van der Waals surface area contributed by atoms with Crippen LogP contribution >= 0.6 is 12.2 Å². The van der Waals surface area contributed by atoms with Gasteiger partial charge in [-0.25, -0.2) is 4.39 Å². The van der Waals surface area contributed by atoms with Gasteiger partial charge in [0, 0.05) is 18.4 Å². The van der Waals surface area contributed by atoms with E-state index in [0.717, 1.165) is 5.56 Å². The molecule has 2 N–H and O–H groups in total. The fourth-order valence-corrected chi connectivity index (χ4v) is 2.62. The number of H-pyrrole nitrogens is 1. The van der Waals surface area contributed by atoms with E-state index < -0.39 is 0 Å². The Balaban J connectivity index is 1.82. The Morgan fingerprint density at radius 3 is 2.50 bits per heavy atom. The molecule has 1 amide bonds. The number of aromatic nitrogens is 2. The highest BCUT2D eigenvalue weighted by Gasteiger charge is 2.14. The second-order valence-electron chi connectivity index (χ2n) is 5.46. The SMILES string of the molecule is Cc1ccc(CNC(=O)c2c[nH]c(=S)n2-c2ccc(F)cc2)cc1. The first kappa shape index (κ1) is 16.1. The number of amides is 1. The molecule has 0 aliphatic heterocycles. The number of benzene rings is 2. The molecule has 0 aliphatic rings. The smallest absolute Gasteiger partial charge is 0.270 e. The van der Waals surface area contributed by atoms with Gasteiger partial charge in [-0.15, -0.1) is 0 Å². The van der Waals surface area contributed by atoms with Crippen LogP contribution in [0, 0.1) is 17.5 Å². The van der Waals surface area contributed by atoms with Crippen LogP contribution in [-0.2, 0) is 6.54 Å². The van der Waals surface area contributed by atoms with Crippen molar-refractivity contribution in [1.29, 1.82) is 0 Å². The fourth-order valence-electron chi connectivity index (χ4n) is 2.36. The fraction of sp³-hybridized carbons (Fsp3) is 0.111. The number of halogens is 1. The highest BCUT2D eigenvalue weighted by atomic mass is 32.1. The Kier molecular flexibility index (Phi) is 4.57. The van der Waals surface area contributed by atoms with E-state index >= 15 is 0 Å². The molecule has 122 valence electrons. The van der Waals surface area contributed by atoms with E-state index in [1.165, 1.54) is 17.7 Å². The largest absolute Gasteiger partial charge is 0.347 e. The number of nitrogens with zero attached hydrogens (tertiary/aromatic N) is 1. The first-order valence-corrected chi connectivity index (χ1v) is 7.85. The maximum atomic E-state index is 13.1. The number of carbonyl (C=O) groups is 1. The van der Waals surface area contributed by atoms with Crippen LogP contribution in [0.2, 0.25) is 0 Å². The molecular formula is C18H16FN3OS. The predicted octanol–water partition coefficient (Wildman–Crippen LogP) is 3.91. The summed E-state index contributed by atoms with van der Waals surface area (Å²) in [6, 6.07) is 13.8.